The Bertz CT molecular complexity index is 656. The monoisotopic (exact) mass is 271 g/mol. The molecule has 5 nitrogen and oxygen atoms in total. The molecule has 0 saturated carbocycles. The molecule has 1 heterocycles. The molecule has 1 aromatic carbocycles. The number of carbonyl (C=O) groups excluding carboxylic acids is 1. The van der Waals surface area contributed by atoms with Crippen LogP contribution in [0, 0.1) is 0 Å². The maximum absolute atomic E-state index is 11.7. The van der Waals surface area contributed by atoms with Gasteiger partial charge in [0.2, 0.25) is 5.76 Å². The first kappa shape index (κ1) is 13.6. The molecule has 0 amide bonds. The molecule has 3 N–H and O–H groups in total. The van der Waals surface area contributed by atoms with Crippen molar-refractivity contribution in [2.75, 3.05) is 0 Å². The number of nitrogens with one attached hydrogen (secondary N) is 1. The van der Waals surface area contributed by atoms with Crippen LogP contribution >= 0.6 is 0 Å². The molecule has 1 aromatic heterocycles. The Labute approximate surface area is 115 Å². The maximum atomic E-state index is 11.7. The van der Waals surface area contributed by atoms with E-state index >= 15 is 0 Å². The summed E-state index contributed by atoms with van der Waals surface area (Å²) in [5.74, 6) is -3.06. The highest BCUT2D eigenvalue weighted by atomic mass is 16.4. The number of hydrogen-bond acceptors (Lipinski definition) is 3. The number of carbonyl (C=O) groups is 2. The lowest BCUT2D eigenvalue weighted by Gasteiger charge is -1.97. The molecule has 0 atom stereocenters. The summed E-state index contributed by atoms with van der Waals surface area (Å²) in [4.78, 5) is 25.1. The van der Waals surface area contributed by atoms with Gasteiger partial charge in [0.25, 0.3) is 0 Å². The minimum absolute atomic E-state index is 0.309. The molecule has 0 unspecified atom stereocenters. The number of aliphatic hydroxyl groups excluding tert-OH is 1. The normalized spacial score (nSPS) is 11.3. The average Bonchev–Trinajstić information content (AvgIpc) is 2.88. The maximum Gasteiger partial charge on any atom is 0.371 e. The molecule has 2 aromatic rings. The Balaban J connectivity index is 2.11. The molecule has 5 heteroatoms. The highest BCUT2D eigenvalue weighted by Gasteiger charge is 2.11. The van der Waals surface area contributed by atoms with Crippen LogP contribution in [-0.2, 0) is 11.2 Å². The van der Waals surface area contributed by atoms with E-state index in [1.165, 1.54) is 6.20 Å². The van der Waals surface area contributed by atoms with E-state index in [4.69, 9.17) is 10.2 Å². The molecule has 0 fully saturated rings. The van der Waals surface area contributed by atoms with Crippen LogP contribution in [0.3, 0.4) is 0 Å². The smallest absolute Gasteiger partial charge is 0.371 e. The van der Waals surface area contributed by atoms with Crippen LogP contribution in [0.25, 0.3) is 0 Å². The second-order valence-electron chi connectivity index (χ2n) is 4.27. The van der Waals surface area contributed by atoms with Crippen molar-refractivity contribution < 1.29 is 19.8 Å². The van der Waals surface area contributed by atoms with Gasteiger partial charge in [-0.15, -0.1) is 0 Å². The van der Waals surface area contributed by atoms with Crippen molar-refractivity contribution >= 4 is 11.8 Å². The third kappa shape index (κ3) is 3.35. The lowest BCUT2D eigenvalue weighted by atomic mass is 10.1. The van der Waals surface area contributed by atoms with Gasteiger partial charge in [0, 0.05) is 30.0 Å². The number of aliphatic hydroxyl groups is 1. The summed E-state index contributed by atoms with van der Waals surface area (Å²) in [5.41, 5.74) is 2.24. The average molecular weight is 271 g/mol. The summed E-state index contributed by atoms with van der Waals surface area (Å²) in [6.07, 6.45) is 2.83. The van der Waals surface area contributed by atoms with Crippen LogP contribution < -0.4 is 0 Å². The van der Waals surface area contributed by atoms with E-state index in [1.54, 1.807) is 6.07 Å². The highest BCUT2D eigenvalue weighted by molar-refractivity contribution is 6.07. The zero-order valence-electron chi connectivity index (χ0n) is 10.5. The molecule has 2 rings (SSSR count). The van der Waals surface area contributed by atoms with Gasteiger partial charge in [0.15, 0.2) is 5.78 Å². The number of carboxylic acid groups (broad SMARTS) is 1. The molecular weight excluding hydrogens is 258 g/mol. The standard InChI is InChI=1S/C15H13NO4/c17-13(8-14(18)15(19)20)11-7-12(16-9-11)6-10-4-2-1-3-5-10/h1-5,7-9,16,18H,6H2,(H,19,20)/b14-8-. The summed E-state index contributed by atoms with van der Waals surface area (Å²) >= 11 is 0. The molecular formula is C15H13NO4. The van der Waals surface area contributed by atoms with Gasteiger partial charge in [0.1, 0.15) is 0 Å². The van der Waals surface area contributed by atoms with Crippen molar-refractivity contribution in [2.24, 2.45) is 0 Å². The van der Waals surface area contributed by atoms with Crippen molar-refractivity contribution in [1.29, 1.82) is 0 Å². The summed E-state index contributed by atoms with van der Waals surface area (Å²) in [6.45, 7) is 0. The topological polar surface area (TPSA) is 90.4 Å². The third-order valence-corrected chi connectivity index (χ3v) is 2.75. The zero-order chi connectivity index (χ0) is 14.5. The van der Waals surface area contributed by atoms with Crippen LogP contribution in [0.1, 0.15) is 21.6 Å². The van der Waals surface area contributed by atoms with Crippen molar-refractivity contribution in [1.82, 2.24) is 4.98 Å². The van der Waals surface area contributed by atoms with Gasteiger partial charge in [-0.2, -0.15) is 0 Å². The van der Waals surface area contributed by atoms with E-state index in [0.29, 0.717) is 18.1 Å². The fourth-order valence-corrected chi connectivity index (χ4v) is 1.77. The van der Waals surface area contributed by atoms with E-state index in [0.717, 1.165) is 11.3 Å². The largest absolute Gasteiger partial charge is 0.502 e. The minimum Gasteiger partial charge on any atom is -0.502 e. The van der Waals surface area contributed by atoms with Gasteiger partial charge >= 0.3 is 5.97 Å². The fraction of sp³-hybridized carbons (Fsp3) is 0.0667. The number of carboxylic acids is 1. The van der Waals surface area contributed by atoms with Gasteiger partial charge in [-0.1, -0.05) is 30.3 Å². The molecule has 0 aliphatic heterocycles. The van der Waals surface area contributed by atoms with Crippen LogP contribution in [0.4, 0.5) is 0 Å². The summed E-state index contributed by atoms with van der Waals surface area (Å²) < 4.78 is 0. The number of rotatable bonds is 5. The van der Waals surface area contributed by atoms with Gasteiger partial charge in [-0.05, 0) is 11.6 Å². The molecule has 0 aliphatic carbocycles. The number of H-pyrrole nitrogens is 1. The number of aromatic nitrogens is 1. The lowest BCUT2D eigenvalue weighted by Crippen LogP contribution is -2.03. The number of ketones is 1. The van der Waals surface area contributed by atoms with E-state index < -0.39 is 17.5 Å². The van der Waals surface area contributed by atoms with Crippen LogP contribution in [0.2, 0.25) is 0 Å². The van der Waals surface area contributed by atoms with E-state index in [2.05, 4.69) is 4.98 Å². The first-order valence-electron chi connectivity index (χ1n) is 5.96. The van der Waals surface area contributed by atoms with E-state index in [9.17, 15) is 9.59 Å². The van der Waals surface area contributed by atoms with Gasteiger partial charge in [-0.3, -0.25) is 4.79 Å². The van der Waals surface area contributed by atoms with Crippen LogP contribution in [0.5, 0.6) is 0 Å². The Morgan fingerprint density at radius 2 is 1.85 bits per heavy atom. The Morgan fingerprint density at radius 1 is 1.15 bits per heavy atom. The lowest BCUT2D eigenvalue weighted by molar-refractivity contribution is -0.135. The fourth-order valence-electron chi connectivity index (χ4n) is 1.77. The van der Waals surface area contributed by atoms with Crippen molar-refractivity contribution in [2.45, 2.75) is 6.42 Å². The number of hydrogen-bond donors (Lipinski definition) is 3. The summed E-state index contributed by atoms with van der Waals surface area (Å²) in [5, 5.41) is 17.5. The molecule has 0 bridgehead atoms. The molecule has 0 spiro atoms. The minimum atomic E-state index is -1.53. The summed E-state index contributed by atoms with van der Waals surface area (Å²) in [6, 6.07) is 11.4. The number of benzene rings is 1. The first-order chi connectivity index (χ1) is 9.56. The Kier molecular flexibility index (Phi) is 4.00. The SMILES string of the molecule is O=C(O)/C(O)=C/C(=O)c1c[nH]c(Cc2ccccc2)c1. The second kappa shape index (κ2) is 5.88. The molecule has 102 valence electrons. The van der Waals surface area contributed by atoms with Crippen molar-refractivity contribution in [3.8, 4) is 0 Å². The predicted octanol–water partition coefficient (Wildman–Crippen LogP) is 2.31. The van der Waals surface area contributed by atoms with E-state index in [1.807, 2.05) is 30.3 Å². The van der Waals surface area contributed by atoms with Crippen molar-refractivity contribution in [3.63, 3.8) is 0 Å². The van der Waals surface area contributed by atoms with Crippen LogP contribution in [0.15, 0.2) is 54.4 Å². The molecule has 0 saturated heterocycles. The molecule has 20 heavy (non-hydrogen) atoms. The van der Waals surface area contributed by atoms with Crippen LogP contribution in [-0.4, -0.2) is 26.9 Å². The quantitative estimate of drug-likeness (QED) is 0.442. The number of allylic oxidation sites excluding steroid dienone is 1. The summed E-state index contributed by atoms with van der Waals surface area (Å²) in [7, 11) is 0. The van der Waals surface area contributed by atoms with Gasteiger partial charge < -0.3 is 15.2 Å². The van der Waals surface area contributed by atoms with Gasteiger partial charge in [-0.25, -0.2) is 4.79 Å². The Hall–Kier alpha value is -2.82. The first-order valence-corrected chi connectivity index (χ1v) is 5.96. The third-order valence-electron chi connectivity index (χ3n) is 2.75. The highest BCUT2D eigenvalue weighted by Crippen LogP contribution is 2.11. The second-order valence-corrected chi connectivity index (χ2v) is 4.27. The van der Waals surface area contributed by atoms with E-state index in [-0.39, 0.29) is 0 Å². The zero-order valence-corrected chi connectivity index (χ0v) is 10.5. The molecule has 0 aliphatic rings. The predicted molar refractivity (Wildman–Crippen MR) is 72.7 cm³/mol. The Morgan fingerprint density at radius 3 is 2.50 bits per heavy atom. The van der Waals surface area contributed by atoms with Crippen molar-refractivity contribution in [3.05, 3.63) is 71.3 Å². The van der Waals surface area contributed by atoms with Gasteiger partial charge in [0.05, 0.1) is 0 Å². The molecule has 0 radical (unpaired) electrons. The number of aliphatic carboxylic acids is 1. The number of aromatic amines is 1.